The first-order chi connectivity index (χ1) is 3.77. The van der Waals surface area contributed by atoms with E-state index in [1.54, 1.807) is 0 Å². The maximum absolute atomic E-state index is 8.33. The predicted octanol–water partition coefficient (Wildman–Crippen LogP) is 0.497. The van der Waals surface area contributed by atoms with Gasteiger partial charge in [0, 0.05) is 29.6 Å². The van der Waals surface area contributed by atoms with Gasteiger partial charge in [-0.3, -0.25) is 0 Å². The average Bonchev–Trinajstić information content (AvgIpc) is 1.66. The third-order valence-corrected chi connectivity index (χ3v) is 1.07. The fourth-order valence-electron chi connectivity index (χ4n) is 0.577. The first kappa shape index (κ1) is 12.6. The van der Waals surface area contributed by atoms with Gasteiger partial charge in [-0.2, -0.15) is 0 Å². The Morgan fingerprint density at radius 1 is 1.22 bits per heavy atom. The molecule has 0 aliphatic rings. The molecule has 0 fully saturated rings. The molecule has 0 aliphatic carbocycles. The molecule has 0 saturated carbocycles. The zero-order chi connectivity index (χ0) is 6.41. The summed E-state index contributed by atoms with van der Waals surface area (Å²) >= 11 is 0. The van der Waals surface area contributed by atoms with Crippen molar-refractivity contribution in [3.8, 4) is 0 Å². The molecular formula is C6H14NaO2. The second kappa shape index (κ2) is 8.92. The third kappa shape index (κ3) is 12.2. The van der Waals surface area contributed by atoms with Crippen molar-refractivity contribution in [3.63, 3.8) is 0 Å². The molecule has 9 heavy (non-hydrogen) atoms. The van der Waals surface area contributed by atoms with Crippen molar-refractivity contribution in [2.24, 2.45) is 0 Å². The van der Waals surface area contributed by atoms with Gasteiger partial charge in [0.05, 0.1) is 0 Å². The van der Waals surface area contributed by atoms with E-state index in [4.69, 9.17) is 10.2 Å². The van der Waals surface area contributed by atoms with E-state index in [2.05, 4.69) is 6.92 Å². The minimum atomic E-state index is -1.10. The van der Waals surface area contributed by atoms with Gasteiger partial charge < -0.3 is 10.2 Å². The number of aliphatic hydroxyl groups excluding tert-OH is 1. The van der Waals surface area contributed by atoms with Gasteiger partial charge in [0.1, 0.15) is 0 Å². The summed E-state index contributed by atoms with van der Waals surface area (Å²) in [6.07, 6.45) is 2.58. The Hall–Kier alpha value is 0.920. The van der Waals surface area contributed by atoms with Crippen molar-refractivity contribution < 1.29 is 10.2 Å². The molecule has 0 rings (SSSR count). The summed E-state index contributed by atoms with van der Waals surface area (Å²) in [5, 5.41) is 16.7. The Morgan fingerprint density at radius 3 is 2.11 bits per heavy atom. The number of hydrogen-bond donors (Lipinski definition) is 2. The van der Waals surface area contributed by atoms with Crippen LogP contribution >= 0.6 is 0 Å². The Balaban J connectivity index is 0. The SMILES string of the molecule is CCCCCC(O)O.[Na]. The van der Waals surface area contributed by atoms with Crippen LogP contribution in [0.15, 0.2) is 0 Å². The molecule has 0 aromatic carbocycles. The van der Waals surface area contributed by atoms with Crippen molar-refractivity contribution in [1.29, 1.82) is 0 Å². The van der Waals surface area contributed by atoms with Gasteiger partial charge in [-0.1, -0.05) is 19.8 Å². The van der Waals surface area contributed by atoms with Crippen LogP contribution in [0, 0.1) is 0 Å². The van der Waals surface area contributed by atoms with Crippen LogP contribution in [0.4, 0.5) is 0 Å². The number of rotatable bonds is 4. The van der Waals surface area contributed by atoms with Gasteiger partial charge in [-0.05, 0) is 12.8 Å². The Morgan fingerprint density at radius 2 is 1.78 bits per heavy atom. The molecule has 0 aromatic heterocycles. The summed E-state index contributed by atoms with van der Waals surface area (Å²) in [7, 11) is 0. The van der Waals surface area contributed by atoms with Crippen LogP contribution in [-0.2, 0) is 0 Å². The van der Waals surface area contributed by atoms with Crippen molar-refractivity contribution in [1.82, 2.24) is 0 Å². The van der Waals surface area contributed by atoms with Crippen LogP contribution in [0.1, 0.15) is 32.6 Å². The summed E-state index contributed by atoms with van der Waals surface area (Å²) in [6, 6.07) is 0. The molecular weight excluding hydrogens is 127 g/mol. The molecule has 0 atom stereocenters. The van der Waals surface area contributed by atoms with Gasteiger partial charge in [0.15, 0.2) is 6.29 Å². The van der Waals surface area contributed by atoms with Crippen LogP contribution in [-0.4, -0.2) is 46.1 Å². The summed E-state index contributed by atoms with van der Waals surface area (Å²) in [5.74, 6) is 0. The summed E-state index contributed by atoms with van der Waals surface area (Å²) in [5.41, 5.74) is 0. The van der Waals surface area contributed by atoms with Crippen LogP contribution in [0.3, 0.4) is 0 Å². The average molecular weight is 141 g/mol. The molecule has 2 nitrogen and oxygen atoms in total. The molecule has 51 valence electrons. The summed E-state index contributed by atoms with van der Waals surface area (Å²) < 4.78 is 0. The van der Waals surface area contributed by atoms with E-state index >= 15 is 0 Å². The smallest absolute Gasteiger partial charge is 0.151 e. The van der Waals surface area contributed by atoms with Crippen LogP contribution in [0.25, 0.3) is 0 Å². The fraction of sp³-hybridized carbons (Fsp3) is 1.00. The zero-order valence-electron chi connectivity index (χ0n) is 6.30. The fourth-order valence-corrected chi connectivity index (χ4v) is 0.577. The third-order valence-electron chi connectivity index (χ3n) is 1.07. The first-order valence-electron chi connectivity index (χ1n) is 3.13. The number of aliphatic hydroxyl groups is 2. The van der Waals surface area contributed by atoms with Crippen molar-refractivity contribution in [2.45, 2.75) is 38.9 Å². The monoisotopic (exact) mass is 141 g/mol. The Bertz CT molecular complexity index is 48.3. The van der Waals surface area contributed by atoms with E-state index in [0.29, 0.717) is 6.42 Å². The van der Waals surface area contributed by atoms with Crippen molar-refractivity contribution >= 4 is 29.6 Å². The molecule has 1 radical (unpaired) electrons. The van der Waals surface area contributed by atoms with E-state index in [1.807, 2.05) is 0 Å². The van der Waals surface area contributed by atoms with E-state index in [0.717, 1.165) is 19.3 Å². The van der Waals surface area contributed by atoms with Crippen LogP contribution < -0.4 is 0 Å². The largest absolute Gasteiger partial charge is 0.368 e. The Labute approximate surface area is 78.6 Å². The molecule has 0 heterocycles. The second-order valence-electron chi connectivity index (χ2n) is 1.98. The molecule has 0 aromatic rings. The standard InChI is InChI=1S/C6H14O2.Na/c1-2-3-4-5-6(7)8;/h6-8H,2-5H2,1H3;. The quantitative estimate of drug-likeness (QED) is 0.340. The molecule has 0 unspecified atom stereocenters. The molecule has 2 N–H and O–H groups in total. The van der Waals surface area contributed by atoms with Gasteiger partial charge in [0.2, 0.25) is 0 Å². The normalized spacial score (nSPS) is 9.33. The predicted molar refractivity (Wildman–Crippen MR) is 38.1 cm³/mol. The van der Waals surface area contributed by atoms with E-state index in [-0.39, 0.29) is 29.6 Å². The first-order valence-corrected chi connectivity index (χ1v) is 3.13. The van der Waals surface area contributed by atoms with Gasteiger partial charge in [0.25, 0.3) is 0 Å². The minimum Gasteiger partial charge on any atom is -0.368 e. The summed E-state index contributed by atoms with van der Waals surface area (Å²) in [6.45, 7) is 2.09. The minimum absolute atomic E-state index is 0. The second-order valence-corrected chi connectivity index (χ2v) is 1.98. The van der Waals surface area contributed by atoms with Crippen LogP contribution in [0.2, 0.25) is 0 Å². The Kier molecular flexibility index (Phi) is 12.5. The van der Waals surface area contributed by atoms with E-state index < -0.39 is 6.29 Å². The molecule has 0 bridgehead atoms. The summed E-state index contributed by atoms with van der Waals surface area (Å²) in [4.78, 5) is 0. The molecule has 0 amide bonds. The van der Waals surface area contributed by atoms with Crippen molar-refractivity contribution in [3.05, 3.63) is 0 Å². The van der Waals surface area contributed by atoms with E-state index in [1.165, 1.54) is 0 Å². The molecule has 0 spiro atoms. The zero-order valence-corrected chi connectivity index (χ0v) is 8.30. The van der Waals surface area contributed by atoms with E-state index in [9.17, 15) is 0 Å². The van der Waals surface area contributed by atoms with Gasteiger partial charge in [-0.25, -0.2) is 0 Å². The molecule has 3 heteroatoms. The van der Waals surface area contributed by atoms with Gasteiger partial charge in [-0.15, -0.1) is 0 Å². The van der Waals surface area contributed by atoms with Gasteiger partial charge >= 0.3 is 0 Å². The van der Waals surface area contributed by atoms with Crippen LogP contribution in [0.5, 0.6) is 0 Å². The number of hydrogen-bond acceptors (Lipinski definition) is 2. The topological polar surface area (TPSA) is 40.5 Å². The molecule has 0 saturated heterocycles. The molecule has 0 aliphatic heterocycles. The number of unbranched alkanes of at least 4 members (excludes halogenated alkanes) is 2. The van der Waals surface area contributed by atoms with Crippen molar-refractivity contribution in [2.75, 3.05) is 0 Å². The maximum atomic E-state index is 8.33. The maximum Gasteiger partial charge on any atom is 0.151 e.